The SMILES string of the molecule is O=Cc1cncc(C#Cc2ccc(F)cc2)c1. The van der Waals surface area contributed by atoms with Gasteiger partial charge in [-0.3, -0.25) is 9.78 Å². The quantitative estimate of drug-likeness (QED) is 0.551. The zero-order valence-corrected chi connectivity index (χ0v) is 8.85. The van der Waals surface area contributed by atoms with Gasteiger partial charge in [0.25, 0.3) is 0 Å². The van der Waals surface area contributed by atoms with Gasteiger partial charge in [-0.25, -0.2) is 4.39 Å². The van der Waals surface area contributed by atoms with E-state index in [4.69, 9.17) is 0 Å². The van der Waals surface area contributed by atoms with Crippen molar-refractivity contribution in [2.24, 2.45) is 0 Å². The molecule has 2 aromatic rings. The van der Waals surface area contributed by atoms with Gasteiger partial charge in [-0.1, -0.05) is 11.8 Å². The molecule has 1 aromatic carbocycles. The number of carbonyl (C=O) groups is 1. The molecular weight excluding hydrogens is 217 g/mol. The zero-order valence-electron chi connectivity index (χ0n) is 8.85. The molecule has 0 saturated heterocycles. The van der Waals surface area contributed by atoms with Crippen LogP contribution in [0.5, 0.6) is 0 Å². The number of halogens is 1. The largest absolute Gasteiger partial charge is 0.298 e. The Hall–Kier alpha value is -2.47. The van der Waals surface area contributed by atoms with Crippen LogP contribution >= 0.6 is 0 Å². The number of hydrogen-bond acceptors (Lipinski definition) is 2. The molecule has 0 fully saturated rings. The van der Waals surface area contributed by atoms with E-state index in [1.54, 1.807) is 24.4 Å². The van der Waals surface area contributed by atoms with Gasteiger partial charge in [0.15, 0.2) is 6.29 Å². The molecule has 3 heteroatoms. The van der Waals surface area contributed by atoms with E-state index in [1.807, 2.05) is 0 Å². The number of rotatable bonds is 1. The van der Waals surface area contributed by atoms with Crippen molar-refractivity contribution in [1.82, 2.24) is 4.98 Å². The van der Waals surface area contributed by atoms with Gasteiger partial charge in [0.2, 0.25) is 0 Å². The molecule has 0 radical (unpaired) electrons. The summed E-state index contributed by atoms with van der Waals surface area (Å²) in [5.41, 5.74) is 1.85. The molecule has 0 N–H and O–H groups in total. The Morgan fingerprint density at radius 3 is 2.47 bits per heavy atom. The van der Waals surface area contributed by atoms with Crippen LogP contribution in [0.2, 0.25) is 0 Å². The topological polar surface area (TPSA) is 30.0 Å². The standard InChI is InChI=1S/C14H8FNO/c15-14-5-3-11(4-6-14)1-2-12-7-13(10-17)9-16-8-12/h3-10H. The Balaban J connectivity index is 2.26. The Kier molecular flexibility index (Phi) is 3.27. The molecule has 82 valence electrons. The highest BCUT2D eigenvalue weighted by molar-refractivity contribution is 5.74. The first-order valence-corrected chi connectivity index (χ1v) is 4.96. The van der Waals surface area contributed by atoms with Crippen LogP contribution in [0.3, 0.4) is 0 Å². The van der Waals surface area contributed by atoms with E-state index < -0.39 is 0 Å². The normalized spacial score (nSPS) is 9.24. The van der Waals surface area contributed by atoms with Crippen molar-refractivity contribution in [3.8, 4) is 11.8 Å². The molecule has 0 amide bonds. The summed E-state index contributed by atoms with van der Waals surface area (Å²) in [6.07, 6.45) is 3.76. The number of aromatic nitrogens is 1. The maximum Gasteiger partial charge on any atom is 0.151 e. The second kappa shape index (κ2) is 5.04. The fraction of sp³-hybridized carbons (Fsp3) is 0. The summed E-state index contributed by atoms with van der Waals surface area (Å²) >= 11 is 0. The summed E-state index contributed by atoms with van der Waals surface area (Å²) in [6, 6.07) is 7.55. The van der Waals surface area contributed by atoms with Gasteiger partial charge in [0.1, 0.15) is 5.82 Å². The Labute approximate surface area is 98.1 Å². The lowest BCUT2D eigenvalue weighted by atomic mass is 10.2. The lowest BCUT2D eigenvalue weighted by molar-refractivity contribution is 0.112. The van der Waals surface area contributed by atoms with E-state index >= 15 is 0 Å². The number of carbonyl (C=O) groups excluding carboxylic acids is 1. The molecule has 0 spiro atoms. The average molecular weight is 225 g/mol. The number of hydrogen-bond donors (Lipinski definition) is 0. The van der Waals surface area contributed by atoms with Crippen LogP contribution in [-0.2, 0) is 0 Å². The van der Waals surface area contributed by atoms with Gasteiger partial charge in [-0.2, -0.15) is 0 Å². The first-order chi connectivity index (χ1) is 8.28. The molecule has 0 aliphatic heterocycles. The predicted molar refractivity (Wildman–Crippen MR) is 62.0 cm³/mol. The molecule has 0 atom stereocenters. The molecular formula is C14H8FNO. The Morgan fingerprint density at radius 1 is 1.06 bits per heavy atom. The lowest BCUT2D eigenvalue weighted by Crippen LogP contribution is -1.84. The van der Waals surface area contributed by atoms with Crippen LogP contribution in [0.1, 0.15) is 21.5 Å². The molecule has 2 nitrogen and oxygen atoms in total. The highest BCUT2D eigenvalue weighted by Crippen LogP contribution is 2.02. The minimum atomic E-state index is -0.292. The second-order valence-electron chi connectivity index (χ2n) is 3.38. The lowest BCUT2D eigenvalue weighted by Gasteiger charge is -1.92. The third-order valence-corrected chi connectivity index (χ3v) is 2.09. The number of aldehydes is 1. The average Bonchev–Trinajstić information content (AvgIpc) is 2.38. The van der Waals surface area contributed by atoms with Crippen LogP contribution in [0.25, 0.3) is 0 Å². The summed E-state index contributed by atoms with van der Waals surface area (Å²) < 4.78 is 12.7. The predicted octanol–water partition coefficient (Wildman–Crippen LogP) is 2.43. The smallest absolute Gasteiger partial charge is 0.151 e. The third-order valence-electron chi connectivity index (χ3n) is 2.09. The van der Waals surface area contributed by atoms with Crippen molar-refractivity contribution < 1.29 is 9.18 Å². The molecule has 17 heavy (non-hydrogen) atoms. The monoisotopic (exact) mass is 225 g/mol. The maximum atomic E-state index is 12.7. The van der Waals surface area contributed by atoms with E-state index in [1.165, 1.54) is 18.3 Å². The zero-order chi connectivity index (χ0) is 12.1. The fourth-order valence-corrected chi connectivity index (χ4v) is 1.27. The summed E-state index contributed by atoms with van der Waals surface area (Å²) in [7, 11) is 0. The van der Waals surface area contributed by atoms with Gasteiger partial charge in [0.05, 0.1) is 0 Å². The van der Waals surface area contributed by atoms with Gasteiger partial charge >= 0.3 is 0 Å². The van der Waals surface area contributed by atoms with Crippen LogP contribution in [0.4, 0.5) is 4.39 Å². The third kappa shape index (κ3) is 2.99. The molecule has 0 aliphatic rings. The van der Waals surface area contributed by atoms with Crippen molar-refractivity contribution in [2.45, 2.75) is 0 Å². The fourth-order valence-electron chi connectivity index (χ4n) is 1.27. The second-order valence-corrected chi connectivity index (χ2v) is 3.38. The van der Waals surface area contributed by atoms with Crippen LogP contribution in [0, 0.1) is 17.7 Å². The highest BCUT2D eigenvalue weighted by atomic mass is 19.1. The molecule has 1 heterocycles. The van der Waals surface area contributed by atoms with Gasteiger partial charge < -0.3 is 0 Å². The number of pyridine rings is 1. The molecule has 0 unspecified atom stereocenters. The van der Waals surface area contributed by atoms with E-state index in [9.17, 15) is 9.18 Å². The van der Waals surface area contributed by atoms with Gasteiger partial charge in [-0.05, 0) is 30.3 Å². The van der Waals surface area contributed by atoms with E-state index in [-0.39, 0.29) is 5.82 Å². The molecule has 2 rings (SSSR count). The molecule has 0 bridgehead atoms. The summed E-state index contributed by atoms with van der Waals surface area (Å²) in [5, 5.41) is 0. The maximum absolute atomic E-state index is 12.7. The summed E-state index contributed by atoms with van der Waals surface area (Å²) in [6.45, 7) is 0. The van der Waals surface area contributed by atoms with Crippen LogP contribution < -0.4 is 0 Å². The van der Waals surface area contributed by atoms with E-state index in [0.29, 0.717) is 16.7 Å². The first-order valence-electron chi connectivity index (χ1n) is 4.96. The van der Waals surface area contributed by atoms with Gasteiger partial charge in [-0.15, -0.1) is 0 Å². The van der Waals surface area contributed by atoms with Crippen molar-refractivity contribution in [2.75, 3.05) is 0 Å². The summed E-state index contributed by atoms with van der Waals surface area (Å²) in [4.78, 5) is 14.4. The van der Waals surface area contributed by atoms with Crippen molar-refractivity contribution in [3.05, 3.63) is 65.2 Å². The van der Waals surface area contributed by atoms with Crippen molar-refractivity contribution >= 4 is 6.29 Å². The number of benzene rings is 1. The van der Waals surface area contributed by atoms with Gasteiger partial charge in [0, 0.05) is 29.1 Å². The molecule has 1 aromatic heterocycles. The highest BCUT2D eigenvalue weighted by Gasteiger charge is 1.92. The Morgan fingerprint density at radius 2 is 1.76 bits per heavy atom. The minimum Gasteiger partial charge on any atom is -0.298 e. The van der Waals surface area contributed by atoms with Crippen LogP contribution in [0.15, 0.2) is 42.7 Å². The van der Waals surface area contributed by atoms with E-state index in [2.05, 4.69) is 16.8 Å². The summed E-state index contributed by atoms with van der Waals surface area (Å²) in [5.74, 6) is 5.44. The van der Waals surface area contributed by atoms with E-state index in [0.717, 1.165) is 6.29 Å². The minimum absolute atomic E-state index is 0.292. The molecule has 0 saturated carbocycles. The first kappa shape index (κ1) is 11.0. The Bertz CT molecular complexity index is 594. The number of nitrogens with zero attached hydrogens (tertiary/aromatic N) is 1. The van der Waals surface area contributed by atoms with Crippen LogP contribution in [-0.4, -0.2) is 11.3 Å². The van der Waals surface area contributed by atoms with Crippen molar-refractivity contribution in [3.63, 3.8) is 0 Å². The molecule has 0 aliphatic carbocycles. The van der Waals surface area contributed by atoms with Crippen molar-refractivity contribution in [1.29, 1.82) is 0 Å².